The van der Waals surface area contributed by atoms with Gasteiger partial charge >= 0.3 is 0 Å². The number of carboxylic acid groups (broad SMARTS) is 1. The quantitative estimate of drug-likeness (QED) is 0.826. The van der Waals surface area contributed by atoms with E-state index in [0.29, 0.717) is 10.7 Å². The third kappa shape index (κ3) is 4.46. The molecule has 0 saturated heterocycles. The Kier molecular flexibility index (Phi) is 4.12. The highest BCUT2D eigenvalue weighted by molar-refractivity contribution is 6.30. The molecule has 0 aliphatic carbocycles. The number of carbonyl (C=O) groups is 2. The molecular weight excluding hydrogens is 218 g/mol. The molecule has 0 bridgehead atoms. The molecule has 0 spiro atoms. The first-order valence-electron chi connectivity index (χ1n) is 4.33. The van der Waals surface area contributed by atoms with Crippen LogP contribution in [0.15, 0.2) is 24.3 Å². The van der Waals surface area contributed by atoms with E-state index in [0.717, 1.165) is 0 Å². The van der Waals surface area contributed by atoms with Gasteiger partial charge in [0, 0.05) is 23.1 Å². The summed E-state index contributed by atoms with van der Waals surface area (Å²) < 4.78 is 0. The van der Waals surface area contributed by atoms with E-state index in [1.54, 1.807) is 24.3 Å². The van der Waals surface area contributed by atoms with Crippen LogP contribution in [0, 0.1) is 0 Å². The van der Waals surface area contributed by atoms with Crippen molar-refractivity contribution in [1.82, 2.24) is 0 Å². The van der Waals surface area contributed by atoms with E-state index in [1.807, 2.05) is 0 Å². The van der Waals surface area contributed by atoms with Gasteiger partial charge in [0.15, 0.2) is 0 Å². The summed E-state index contributed by atoms with van der Waals surface area (Å²) in [5, 5.41) is 13.2. The first-order chi connectivity index (χ1) is 7.08. The molecule has 0 unspecified atom stereocenters. The SMILES string of the molecule is O=C([O-])CCC(=O)Nc1ccc(Cl)cc1. The summed E-state index contributed by atoms with van der Waals surface area (Å²) in [5.74, 6) is -1.59. The van der Waals surface area contributed by atoms with Crippen LogP contribution in [-0.2, 0) is 9.59 Å². The van der Waals surface area contributed by atoms with Crippen molar-refractivity contribution in [2.24, 2.45) is 0 Å². The van der Waals surface area contributed by atoms with Crippen molar-refractivity contribution in [3.05, 3.63) is 29.3 Å². The molecule has 1 N–H and O–H groups in total. The van der Waals surface area contributed by atoms with Crippen molar-refractivity contribution < 1.29 is 14.7 Å². The number of rotatable bonds is 4. The van der Waals surface area contributed by atoms with Gasteiger partial charge in [-0.2, -0.15) is 0 Å². The molecule has 0 aromatic heterocycles. The van der Waals surface area contributed by atoms with Crippen molar-refractivity contribution in [2.45, 2.75) is 12.8 Å². The van der Waals surface area contributed by atoms with E-state index in [1.165, 1.54) is 0 Å². The van der Waals surface area contributed by atoms with Crippen LogP contribution in [0.3, 0.4) is 0 Å². The third-order valence-electron chi connectivity index (χ3n) is 1.68. The van der Waals surface area contributed by atoms with Crippen LogP contribution >= 0.6 is 11.6 Å². The summed E-state index contributed by atoms with van der Waals surface area (Å²) in [6.07, 6.45) is -0.371. The Hall–Kier alpha value is -1.55. The molecule has 0 fully saturated rings. The zero-order valence-electron chi connectivity index (χ0n) is 7.83. The number of nitrogens with one attached hydrogen (secondary N) is 1. The highest BCUT2D eigenvalue weighted by Crippen LogP contribution is 2.13. The Morgan fingerprint density at radius 2 is 1.80 bits per heavy atom. The van der Waals surface area contributed by atoms with Gasteiger partial charge in [-0.05, 0) is 30.7 Å². The van der Waals surface area contributed by atoms with E-state index < -0.39 is 5.97 Å². The Bertz CT molecular complexity index is 361. The summed E-state index contributed by atoms with van der Waals surface area (Å²) in [6, 6.07) is 6.55. The van der Waals surface area contributed by atoms with Crippen molar-refractivity contribution in [3.63, 3.8) is 0 Å². The zero-order valence-corrected chi connectivity index (χ0v) is 8.58. The second-order valence-electron chi connectivity index (χ2n) is 2.93. The van der Waals surface area contributed by atoms with Crippen molar-refractivity contribution in [1.29, 1.82) is 0 Å². The standard InChI is InChI=1S/C10H10ClNO3/c11-7-1-3-8(4-2-7)12-9(13)5-6-10(14)15/h1-4H,5-6H2,(H,12,13)(H,14,15)/p-1. The minimum absolute atomic E-state index is 0.0923. The van der Waals surface area contributed by atoms with Gasteiger partial charge < -0.3 is 15.2 Å². The van der Waals surface area contributed by atoms with Crippen LogP contribution < -0.4 is 10.4 Å². The van der Waals surface area contributed by atoms with Gasteiger partial charge in [0.2, 0.25) is 5.91 Å². The Labute approximate surface area is 91.9 Å². The molecule has 1 aromatic rings. The van der Waals surface area contributed by atoms with Gasteiger partial charge in [-0.1, -0.05) is 11.6 Å². The number of benzene rings is 1. The number of carbonyl (C=O) groups excluding carboxylic acids is 2. The number of halogens is 1. The monoisotopic (exact) mass is 226 g/mol. The second-order valence-corrected chi connectivity index (χ2v) is 3.36. The molecule has 80 valence electrons. The summed E-state index contributed by atoms with van der Waals surface area (Å²) in [4.78, 5) is 21.3. The van der Waals surface area contributed by atoms with Crippen LogP contribution in [-0.4, -0.2) is 11.9 Å². The number of hydrogen-bond acceptors (Lipinski definition) is 3. The number of aliphatic carboxylic acids is 1. The molecule has 5 heteroatoms. The summed E-state index contributed by atoms with van der Waals surface area (Å²) in [6.45, 7) is 0. The molecule has 1 amide bonds. The van der Waals surface area contributed by atoms with Crippen LogP contribution in [0.25, 0.3) is 0 Å². The summed E-state index contributed by atoms with van der Waals surface area (Å²) >= 11 is 5.65. The van der Waals surface area contributed by atoms with Crippen LogP contribution in [0.2, 0.25) is 5.02 Å². The summed E-state index contributed by atoms with van der Waals surface area (Å²) in [7, 11) is 0. The number of carboxylic acids is 1. The number of amides is 1. The van der Waals surface area contributed by atoms with Crippen molar-refractivity contribution in [2.75, 3.05) is 5.32 Å². The maximum Gasteiger partial charge on any atom is 0.224 e. The Morgan fingerprint density at radius 3 is 2.33 bits per heavy atom. The van der Waals surface area contributed by atoms with E-state index in [-0.39, 0.29) is 18.7 Å². The second kappa shape index (κ2) is 5.36. The van der Waals surface area contributed by atoms with Crippen molar-refractivity contribution >= 4 is 29.2 Å². The largest absolute Gasteiger partial charge is 0.550 e. The molecule has 0 aliphatic rings. The van der Waals surface area contributed by atoms with Gasteiger partial charge in [0.25, 0.3) is 0 Å². The van der Waals surface area contributed by atoms with Crippen molar-refractivity contribution in [3.8, 4) is 0 Å². The molecule has 4 nitrogen and oxygen atoms in total. The average molecular weight is 227 g/mol. The molecule has 1 aromatic carbocycles. The van der Waals surface area contributed by atoms with Crippen LogP contribution in [0.4, 0.5) is 5.69 Å². The molecule has 0 aliphatic heterocycles. The molecule has 1 rings (SSSR count). The Morgan fingerprint density at radius 1 is 1.20 bits per heavy atom. The average Bonchev–Trinajstić information content (AvgIpc) is 2.19. The van der Waals surface area contributed by atoms with Crippen LogP contribution in [0.1, 0.15) is 12.8 Å². The highest BCUT2D eigenvalue weighted by atomic mass is 35.5. The smallest absolute Gasteiger partial charge is 0.224 e. The molecule has 15 heavy (non-hydrogen) atoms. The lowest BCUT2D eigenvalue weighted by Crippen LogP contribution is -2.24. The van der Waals surface area contributed by atoms with E-state index in [2.05, 4.69) is 5.32 Å². The number of anilines is 1. The lowest BCUT2D eigenvalue weighted by Gasteiger charge is -2.05. The summed E-state index contributed by atoms with van der Waals surface area (Å²) in [5.41, 5.74) is 0.586. The topological polar surface area (TPSA) is 69.2 Å². The minimum atomic E-state index is -1.23. The lowest BCUT2D eigenvalue weighted by molar-refractivity contribution is -0.305. The molecular formula is C10H9ClNO3-. The van der Waals surface area contributed by atoms with Crippen LogP contribution in [0.5, 0.6) is 0 Å². The van der Waals surface area contributed by atoms with Gasteiger partial charge in [-0.25, -0.2) is 0 Å². The maximum atomic E-state index is 11.2. The lowest BCUT2D eigenvalue weighted by atomic mass is 10.2. The third-order valence-corrected chi connectivity index (χ3v) is 1.94. The first kappa shape index (κ1) is 11.5. The van der Waals surface area contributed by atoms with E-state index >= 15 is 0 Å². The highest BCUT2D eigenvalue weighted by Gasteiger charge is 2.01. The van der Waals surface area contributed by atoms with E-state index in [4.69, 9.17) is 11.6 Å². The predicted octanol–water partition coefficient (Wildman–Crippen LogP) is 0.809. The predicted molar refractivity (Wildman–Crippen MR) is 54.3 cm³/mol. The minimum Gasteiger partial charge on any atom is -0.550 e. The van der Waals surface area contributed by atoms with Gasteiger partial charge in [-0.3, -0.25) is 4.79 Å². The maximum absolute atomic E-state index is 11.2. The fourth-order valence-corrected chi connectivity index (χ4v) is 1.10. The molecule has 0 radical (unpaired) electrons. The molecule has 0 heterocycles. The number of hydrogen-bond donors (Lipinski definition) is 1. The molecule has 0 saturated carbocycles. The van der Waals surface area contributed by atoms with E-state index in [9.17, 15) is 14.7 Å². The van der Waals surface area contributed by atoms with Gasteiger partial charge in [-0.15, -0.1) is 0 Å². The normalized spacial score (nSPS) is 9.67. The van der Waals surface area contributed by atoms with Gasteiger partial charge in [0.1, 0.15) is 0 Å². The molecule has 0 atom stereocenters. The van der Waals surface area contributed by atoms with Gasteiger partial charge in [0.05, 0.1) is 0 Å². The fourth-order valence-electron chi connectivity index (χ4n) is 0.972. The Balaban J connectivity index is 2.44. The zero-order chi connectivity index (χ0) is 11.3. The fraction of sp³-hybridized carbons (Fsp3) is 0.200. The first-order valence-corrected chi connectivity index (χ1v) is 4.71.